The number of benzene rings is 4. The molecule has 2 N–H and O–H groups in total. The molecule has 4 rings (SSSR count). The molecule has 0 amide bonds. The van der Waals surface area contributed by atoms with Crippen LogP contribution in [-0.2, 0) is 0 Å². The number of nitrogen functional groups attached to an aromatic ring is 1. The van der Waals surface area contributed by atoms with E-state index >= 15 is 0 Å². The Hall–Kier alpha value is -3.46. The highest BCUT2D eigenvalue weighted by molar-refractivity contribution is 5.96. The van der Waals surface area contributed by atoms with Gasteiger partial charge in [0.15, 0.2) is 0 Å². The first-order valence-corrected chi connectivity index (χ1v) is 14.1. The summed E-state index contributed by atoms with van der Waals surface area (Å²) in [5.41, 5.74) is 13.6. The van der Waals surface area contributed by atoms with Crippen LogP contribution < -0.4 is 15.5 Å². The van der Waals surface area contributed by atoms with Gasteiger partial charge in [0.05, 0.1) is 0 Å². The van der Waals surface area contributed by atoms with Crippen LogP contribution in [0.2, 0.25) is 0 Å². The molecule has 0 atom stereocenters. The molecule has 3 nitrogen and oxygen atoms in total. The van der Waals surface area contributed by atoms with Crippen molar-refractivity contribution in [2.75, 3.05) is 15.5 Å². The largest absolute Gasteiger partial charge is 0.398 e. The smallest absolute Gasteiger partial charge is 0.0393 e. The van der Waals surface area contributed by atoms with Crippen LogP contribution in [0, 0.1) is 0 Å². The van der Waals surface area contributed by atoms with Crippen LogP contribution in [0.25, 0.3) is 10.8 Å². The predicted octanol–water partition coefficient (Wildman–Crippen LogP) is 8.85. The molecule has 0 heterocycles. The third-order valence-electron chi connectivity index (χ3n) is 7.58. The molecular weight excluding hydrogens is 462 g/mol. The molecular formula is C35H45N3. The van der Waals surface area contributed by atoms with Crippen LogP contribution in [0.15, 0.2) is 84.9 Å². The number of rotatable bonds is 9. The highest BCUT2D eigenvalue weighted by Crippen LogP contribution is 2.39. The Kier molecular flexibility index (Phi) is 8.35. The summed E-state index contributed by atoms with van der Waals surface area (Å²) < 4.78 is 0. The highest BCUT2D eigenvalue weighted by Gasteiger charge is 2.22. The van der Waals surface area contributed by atoms with Gasteiger partial charge in [-0.15, -0.1) is 0 Å². The van der Waals surface area contributed by atoms with Crippen molar-refractivity contribution in [2.45, 2.75) is 85.5 Å². The van der Waals surface area contributed by atoms with Gasteiger partial charge in [-0.3, -0.25) is 0 Å². The molecule has 0 aromatic heterocycles. The summed E-state index contributed by atoms with van der Waals surface area (Å²) in [6, 6.07) is 32.9. The number of hydrogen-bond acceptors (Lipinski definition) is 3. The van der Waals surface area contributed by atoms with Gasteiger partial charge >= 0.3 is 0 Å². The molecule has 0 unspecified atom stereocenters. The fourth-order valence-corrected chi connectivity index (χ4v) is 6.21. The van der Waals surface area contributed by atoms with E-state index in [1.165, 1.54) is 33.5 Å². The molecule has 200 valence electrons. The van der Waals surface area contributed by atoms with E-state index in [1.807, 2.05) is 0 Å². The molecule has 0 spiro atoms. The van der Waals surface area contributed by atoms with E-state index in [-0.39, 0.29) is 5.92 Å². The number of nitrogens with two attached hydrogens (primary N) is 1. The maximum absolute atomic E-state index is 6.41. The lowest BCUT2D eigenvalue weighted by atomic mass is 9.82. The van der Waals surface area contributed by atoms with E-state index in [0.717, 1.165) is 11.1 Å². The second-order valence-corrected chi connectivity index (χ2v) is 11.6. The SMILES string of the molecule is CC(C)N(c1ccc(C(c2ccc(N(C(C)C)C(C)C)cc2)c2ccc(N)c3ccccc23)cc1)C(C)C. The van der Waals surface area contributed by atoms with E-state index in [0.29, 0.717) is 24.2 Å². The minimum absolute atomic E-state index is 0.0988. The minimum atomic E-state index is 0.0988. The minimum Gasteiger partial charge on any atom is -0.398 e. The van der Waals surface area contributed by atoms with E-state index in [9.17, 15) is 0 Å². The van der Waals surface area contributed by atoms with Crippen molar-refractivity contribution < 1.29 is 0 Å². The van der Waals surface area contributed by atoms with Gasteiger partial charge in [-0.2, -0.15) is 0 Å². The van der Waals surface area contributed by atoms with Gasteiger partial charge in [-0.05, 0) is 108 Å². The van der Waals surface area contributed by atoms with Crippen molar-refractivity contribution in [3.8, 4) is 0 Å². The van der Waals surface area contributed by atoms with Crippen molar-refractivity contribution in [1.82, 2.24) is 0 Å². The summed E-state index contributed by atoms with van der Waals surface area (Å²) >= 11 is 0. The fourth-order valence-electron chi connectivity index (χ4n) is 6.21. The quantitative estimate of drug-likeness (QED) is 0.181. The van der Waals surface area contributed by atoms with Crippen LogP contribution in [0.3, 0.4) is 0 Å². The van der Waals surface area contributed by atoms with Gasteiger partial charge in [0.25, 0.3) is 0 Å². The topological polar surface area (TPSA) is 32.5 Å². The Morgan fingerprint density at radius 3 is 1.26 bits per heavy atom. The third kappa shape index (κ3) is 5.53. The summed E-state index contributed by atoms with van der Waals surface area (Å²) in [4.78, 5) is 4.94. The maximum atomic E-state index is 6.41. The molecule has 0 radical (unpaired) electrons. The zero-order chi connectivity index (χ0) is 27.6. The lowest BCUT2D eigenvalue weighted by Gasteiger charge is -2.34. The van der Waals surface area contributed by atoms with Gasteiger partial charge in [-0.1, -0.05) is 54.6 Å². The standard InChI is InChI=1S/C35H45N3/c1-23(2)37(24(3)4)29-17-13-27(14-18-29)35(33-21-22-34(36)32-12-10-9-11-31(32)33)28-15-19-30(20-16-28)38(25(5)6)26(7)8/h9-26,35H,36H2,1-8H3. The van der Waals surface area contributed by atoms with Crippen molar-refractivity contribution in [1.29, 1.82) is 0 Å². The third-order valence-corrected chi connectivity index (χ3v) is 7.58. The van der Waals surface area contributed by atoms with E-state index < -0.39 is 0 Å². The maximum Gasteiger partial charge on any atom is 0.0393 e. The van der Waals surface area contributed by atoms with Crippen LogP contribution in [0.5, 0.6) is 0 Å². The van der Waals surface area contributed by atoms with E-state index in [4.69, 9.17) is 5.73 Å². The average Bonchev–Trinajstić information content (AvgIpc) is 2.87. The first-order valence-electron chi connectivity index (χ1n) is 14.1. The molecule has 3 heteroatoms. The summed E-state index contributed by atoms with van der Waals surface area (Å²) in [6.07, 6.45) is 0. The van der Waals surface area contributed by atoms with Crippen molar-refractivity contribution in [2.24, 2.45) is 0 Å². The molecule has 0 bridgehead atoms. The van der Waals surface area contributed by atoms with Crippen molar-refractivity contribution >= 4 is 27.8 Å². The Labute approximate surface area is 230 Å². The normalized spacial score (nSPS) is 11.9. The molecule has 0 fully saturated rings. The first kappa shape index (κ1) is 27.6. The Morgan fingerprint density at radius 2 is 0.868 bits per heavy atom. The first-order chi connectivity index (χ1) is 18.1. The van der Waals surface area contributed by atoms with Crippen molar-refractivity contribution in [3.05, 3.63) is 102 Å². The molecule has 0 saturated heterocycles. The molecule has 38 heavy (non-hydrogen) atoms. The van der Waals surface area contributed by atoms with Gasteiger partial charge in [-0.25, -0.2) is 0 Å². The summed E-state index contributed by atoms with van der Waals surface area (Å²) in [7, 11) is 0. The van der Waals surface area contributed by atoms with Crippen molar-refractivity contribution in [3.63, 3.8) is 0 Å². The van der Waals surface area contributed by atoms with Gasteiger partial charge in [0, 0.05) is 52.5 Å². The summed E-state index contributed by atoms with van der Waals surface area (Å²) in [6.45, 7) is 18.1. The zero-order valence-corrected chi connectivity index (χ0v) is 24.4. The monoisotopic (exact) mass is 507 g/mol. The van der Waals surface area contributed by atoms with Crippen LogP contribution >= 0.6 is 0 Å². The molecule has 0 aliphatic heterocycles. The summed E-state index contributed by atoms with van der Waals surface area (Å²) in [5.74, 6) is 0.0988. The Balaban J connectivity index is 1.86. The van der Waals surface area contributed by atoms with Crippen LogP contribution in [0.4, 0.5) is 17.1 Å². The Morgan fingerprint density at radius 1 is 0.474 bits per heavy atom. The molecule has 0 aliphatic rings. The van der Waals surface area contributed by atoms with Crippen LogP contribution in [0.1, 0.15) is 78.0 Å². The lowest BCUT2D eigenvalue weighted by Crippen LogP contribution is -2.37. The molecule has 0 saturated carbocycles. The van der Waals surface area contributed by atoms with Gasteiger partial charge in [0.2, 0.25) is 0 Å². The molecule has 0 aliphatic carbocycles. The number of hydrogen-bond donors (Lipinski definition) is 1. The average molecular weight is 508 g/mol. The Bertz CT molecular complexity index is 1250. The van der Waals surface area contributed by atoms with Crippen LogP contribution in [-0.4, -0.2) is 24.2 Å². The number of fused-ring (bicyclic) bond motifs is 1. The van der Waals surface area contributed by atoms with E-state index in [1.54, 1.807) is 0 Å². The lowest BCUT2D eigenvalue weighted by molar-refractivity contribution is 0.608. The van der Waals surface area contributed by atoms with Gasteiger partial charge < -0.3 is 15.5 Å². The molecule has 4 aromatic rings. The second kappa shape index (κ2) is 11.5. The summed E-state index contributed by atoms with van der Waals surface area (Å²) in [5, 5.41) is 2.32. The molecule has 4 aromatic carbocycles. The fraction of sp³-hybridized carbons (Fsp3) is 0.371. The number of nitrogens with zero attached hydrogens (tertiary/aromatic N) is 2. The second-order valence-electron chi connectivity index (χ2n) is 11.6. The van der Waals surface area contributed by atoms with Gasteiger partial charge in [0.1, 0.15) is 0 Å². The number of anilines is 3. The predicted molar refractivity (Wildman–Crippen MR) is 168 cm³/mol. The highest BCUT2D eigenvalue weighted by atomic mass is 15.2. The zero-order valence-electron chi connectivity index (χ0n) is 24.4. The van der Waals surface area contributed by atoms with E-state index in [2.05, 4.69) is 150 Å².